The highest BCUT2D eigenvalue weighted by Gasteiger charge is 2.19. The van der Waals surface area contributed by atoms with Crippen LogP contribution in [0.15, 0.2) is 24.3 Å². The molecule has 0 aliphatic rings. The summed E-state index contributed by atoms with van der Waals surface area (Å²) in [5.41, 5.74) is 3.67. The molecule has 1 N–H and O–H groups in total. The van der Waals surface area contributed by atoms with E-state index in [-0.39, 0.29) is 24.0 Å². The van der Waals surface area contributed by atoms with Crippen molar-refractivity contribution in [2.45, 2.75) is 46.7 Å². The largest absolute Gasteiger partial charge is 0.427 e. The van der Waals surface area contributed by atoms with E-state index < -0.39 is 0 Å². The zero-order chi connectivity index (χ0) is 15.3. The van der Waals surface area contributed by atoms with E-state index in [0.29, 0.717) is 11.3 Å². The average Bonchev–Trinajstić information content (AvgIpc) is 2.35. The van der Waals surface area contributed by atoms with Gasteiger partial charge in [-0.1, -0.05) is 0 Å². The lowest BCUT2D eigenvalue weighted by molar-refractivity contribution is -0.131. The fraction of sp³-hybridized carbons (Fsp3) is 0.467. The number of carbonyl (C=O) groups is 2. The molecule has 5 heteroatoms. The number of benzene rings is 1. The molecule has 0 saturated heterocycles. The van der Waals surface area contributed by atoms with E-state index in [4.69, 9.17) is 4.74 Å². The zero-order valence-corrected chi connectivity index (χ0v) is 12.6. The maximum absolute atomic E-state index is 12.4. The molecule has 20 heavy (non-hydrogen) atoms. The summed E-state index contributed by atoms with van der Waals surface area (Å²) >= 11 is 0. The van der Waals surface area contributed by atoms with Gasteiger partial charge in [-0.3, -0.25) is 14.6 Å². The molecule has 0 spiro atoms. The van der Waals surface area contributed by atoms with E-state index >= 15 is 0 Å². The second-order valence-electron chi connectivity index (χ2n) is 5.17. The van der Waals surface area contributed by atoms with Crippen molar-refractivity contribution < 1.29 is 14.3 Å². The molecule has 1 rings (SSSR count). The molecule has 110 valence electrons. The van der Waals surface area contributed by atoms with Crippen molar-refractivity contribution in [1.82, 2.24) is 10.4 Å². The van der Waals surface area contributed by atoms with Gasteiger partial charge in [0.2, 0.25) is 0 Å². The standard InChI is InChI=1S/C15H22N2O3/c1-10(2)16-17(11(3)4)15(19)13-6-8-14(9-7-13)20-12(5)18/h6-11,16H,1-5H3. The average molecular weight is 278 g/mol. The topological polar surface area (TPSA) is 58.6 Å². The van der Waals surface area contributed by atoms with Crippen LogP contribution in [0.5, 0.6) is 5.75 Å². The van der Waals surface area contributed by atoms with Crippen LogP contribution in [-0.2, 0) is 4.79 Å². The summed E-state index contributed by atoms with van der Waals surface area (Å²) < 4.78 is 4.94. The first-order chi connectivity index (χ1) is 9.31. The molecule has 5 nitrogen and oxygen atoms in total. The fourth-order valence-electron chi connectivity index (χ4n) is 1.69. The van der Waals surface area contributed by atoms with Crippen molar-refractivity contribution in [1.29, 1.82) is 0 Å². The molecule has 1 aromatic rings. The van der Waals surface area contributed by atoms with E-state index in [1.54, 1.807) is 29.3 Å². The highest BCUT2D eigenvalue weighted by Crippen LogP contribution is 2.14. The minimum Gasteiger partial charge on any atom is -0.427 e. The molecule has 0 aliphatic carbocycles. The molecular formula is C15H22N2O3. The van der Waals surface area contributed by atoms with Crippen LogP contribution in [0.1, 0.15) is 45.0 Å². The Hall–Kier alpha value is -1.88. The first-order valence-corrected chi connectivity index (χ1v) is 6.69. The lowest BCUT2D eigenvalue weighted by Crippen LogP contribution is -2.50. The van der Waals surface area contributed by atoms with Gasteiger partial charge in [0.05, 0.1) is 0 Å². The third-order valence-electron chi connectivity index (χ3n) is 2.50. The number of hydrogen-bond donors (Lipinski definition) is 1. The normalized spacial score (nSPS) is 10.8. The third-order valence-corrected chi connectivity index (χ3v) is 2.50. The van der Waals surface area contributed by atoms with E-state index in [2.05, 4.69) is 5.43 Å². The Balaban J connectivity index is 2.86. The Bertz CT molecular complexity index is 467. The maximum atomic E-state index is 12.4. The highest BCUT2D eigenvalue weighted by atomic mass is 16.5. The monoisotopic (exact) mass is 278 g/mol. The number of nitrogens with one attached hydrogen (secondary N) is 1. The van der Waals surface area contributed by atoms with Crippen molar-refractivity contribution in [3.63, 3.8) is 0 Å². The molecule has 0 radical (unpaired) electrons. The minimum atomic E-state index is -0.380. The van der Waals surface area contributed by atoms with Crippen LogP contribution in [0.2, 0.25) is 0 Å². The van der Waals surface area contributed by atoms with E-state index in [1.807, 2.05) is 27.7 Å². The summed E-state index contributed by atoms with van der Waals surface area (Å²) in [6, 6.07) is 6.74. The summed E-state index contributed by atoms with van der Waals surface area (Å²) in [5, 5.41) is 1.60. The van der Waals surface area contributed by atoms with Crippen LogP contribution < -0.4 is 10.2 Å². The minimum absolute atomic E-state index is 0.0399. The quantitative estimate of drug-likeness (QED) is 0.510. The molecule has 0 bridgehead atoms. The maximum Gasteiger partial charge on any atom is 0.308 e. The SMILES string of the molecule is CC(=O)Oc1ccc(C(=O)N(NC(C)C)C(C)C)cc1. The van der Waals surface area contributed by atoms with Crippen molar-refractivity contribution in [2.24, 2.45) is 0 Å². The number of carbonyl (C=O) groups excluding carboxylic acids is 2. The molecule has 0 atom stereocenters. The molecule has 1 aromatic carbocycles. The van der Waals surface area contributed by atoms with Crippen LogP contribution >= 0.6 is 0 Å². The van der Waals surface area contributed by atoms with Gasteiger partial charge in [0.25, 0.3) is 5.91 Å². The number of nitrogens with zero attached hydrogens (tertiary/aromatic N) is 1. The third kappa shape index (κ3) is 4.66. The van der Waals surface area contributed by atoms with E-state index in [0.717, 1.165) is 0 Å². The van der Waals surface area contributed by atoms with Gasteiger partial charge in [0.1, 0.15) is 5.75 Å². The summed E-state index contributed by atoms with van der Waals surface area (Å²) in [7, 11) is 0. The highest BCUT2D eigenvalue weighted by molar-refractivity contribution is 5.94. The Morgan fingerprint density at radius 2 is 1.65 bits per heavy atom. The second-order valence-corrected chi connectivity index (χ2v) is 5.17. The molecule has 1 amide bonds. The number of amides is 1. The van der Waals surface area contributed by atoms with Crippen molar-refractivity contribution in [3.8, 4) is 5.75 Å². The first-order valence-electron chi connectivity index (χ1n) is 6.69. The van der Waals surface area contributed by atoms with Gasteiger partial charge in [-0.25, -0.2) is 5.43 Å². The van der Waals surface area contributed by atoms with Crippen LogP contribution in [-0.4, -0.2) is 29.0 Å². The number of hydrazine groups is 1. The molecular weight excluding hydrogens is 256 g/mol. The van der Waals surface area contributed by atoms with Gasteiger partial charge in [-0.15, -0.1) is 0 Å². The number of hydrogen-bond acceptors (Lipinski definition) is 4. The predicted octanol–water partition coefficient (Wildman–Crippen LogP) is 2.38. The number of ether oxygens (including phenoxy) is 1. The zero-order valence-electron chi connectivity index (χ0n) is 12.6. The Labute approximate surface area is 119 Å². The molecule has 0 aromatic heterocycles. The summed E-state index contributed by atoms with van der Waals surface area (Å²) in [4.78, 5) is 23.3. The smallest absolute Gasteiger partial charge is 0.308 e. The number of rotatable bonds is 5. The van der Waals surface area contributed by atoms with Crippen LogP contribution in [0.4, 0.5) is 0 Å². The molecule has 0 saturated carbocycles. The van der Waals surface area contributed by atoms with Gasteiger partial charge in [-0.2, -0.15) is 0 Å². The van der Waals surface area contributed by atoms with Gasteiger partial charge in [-0.05, 0) is 52.0 Å². The fourth-order valence-corrected chi connectivity index (χ4v) is 1.69. The lowest BCUT2D eigenvalue weighted by Gasteiger charge is -2.29. The van der Waals surface area contributed by atoms with Crippen LogP contribution in [0.25, 0.3) is 0 Å². The van der Waals surface area contributed by atoms with Crippen LogP contribution in [0.3, 0.4) is 0 Å². The summed E-state index contributed by atoms with van der Waals surface area (Å²) in [5.74, 6) is -0.0561. The van der Waals surface area contributed by atoms with Crippen molar-refractivity contribution in [2.75, 3.05) is 0 Å². The molecule has 0 aliphatic heterocycles. The van der Waals surface area contributed by atoms with Gasteiger partial charge < -0.3 is 4.74 Å². The van der Waals surface area contributed by atoms with Crippen molar-refractivity contribution in [3.05, 3.63) is 29.8 Å². The first kappa shape index (κ1) is 16.2. The molecule has 0 fully saturated rings. The predicted molar refractivity (Wildman–Crippen MR) is 77.3 cm³/mol. The van der Waals surface area contributed by atoms with Crippen LogP contribution in [0, 0.1) is 0 Å². The van der Waals surface area contributed by atoms with Gasteiger partial charge in [0, 0.05) is 24.6 Å². The Morgan fingerprint density at radius 1 is 1.10 bits per heavy atom. The molecule has 0 heterocycles. The second kappa shape index (κ2) is 7.05. The summed E-state index contributed by atoms with van der Waals surface area (Å²) in [6.45, 7) is 9.19. The van der Waals surface area contributed by atoms with E-state index in [1.165, 1.54) is 6.92 Å². The Morgan fingerprint density at radius 3 is 2.05 bits per heavy atom. The number of esters is 1. The summed E-state index contributed by atoms with van der Waals surface area (Å²) in [6.07, 6.45) is 0. The van der Waals surface area contributed by atoms with Gasteiger partial charge in [0.15, 0.2) is 0 Å². The van der Waals surface area contributed by atoms with Crippen molar-refractivity contribution >= 4 is 11.9 Å². The Kier molecular flexibility index (Phi) is 5.70. The van der Waals surface area contributed by atoms with E-state index in [9.17, 15) is 9.59 Å². The van der Waals surface area contributed by atoms with Gasteiger partial charge >= 0.3 is 5.97 Å². The lowest BCUT2D eigenvalue weighted by atomic mass is 10.2. The molecule has 0 unspecified atom stereocenters.